The Kier molecular flexibility index (Phi) is 3.58. The van der Waals surface area contributed by atoms with Gasteiger partial charge >= 0.3 is 16.4 Å². The summed E-state index contributed by atoms with van der Waals surface area (Å²) in [6, 6.07) is -1.49. The minimum absolute atomic E-state index is 1.12. The first kappa shape index (κ1) is 11.3. The number of nitrogens with two attached hydrogens (primary N) is 1. The van der Waals surface area contributed by atoms with Crippen LogP contribution in [0.15, 0.2) is 0 Å². The molecular formula is C4H9NO6S. The molecule has 0 saturated heterocycles. The van der Waals surface area contributed by atoms with Gasteiger partial charge in [-0.05, 0) is 6.92 Å². The van der Waals surface area contributed by atoms with Crippen LogP contribution in [0, 0.1) is 0 Å². The minimum atomic E-state index is -4.65. The number of hydrogen-bond acceptors (Lipinski definition) is 5. The van der Waals surface area contributed by atoms with Crippen LogP contribution >= 0.6 is 0 Å². The molecule has 2 atom stereocenters. The summed E-state index contributed by atoms with van der Waals surface area (Å²) in [6.45, 7) is 1.12. The van der Waals surface area contributed by atoms with Gasteiger partial charge in [0.2, 0.25) is 0 Å². The van der Waals surface area contributed by atoms with Crippen LogP contribution in [0.5, 0.6) is 0 Å². The van der Waals surface area contributed by atoms with Gasteiger partial charge in [0.15, 0.2) is 0 Å². The highest BCUT2D eigenvalue weighted by Gasteiger charge is 2.24. The fourth-order valence-electron chi connectivity index (χ4n) is 0.452. The highest BCUT2D eigenvalue weighted by Crippen LogP contribution is 2.00. The van der Waals surface area contributed by atoms with Crippen LogP contribution in [0.2, 0.25) is 0 Å². The second-order valence-corrected chi connectivity index (χ2v) is 3.14. The fourth-order valence-corrected chi connectivity index (χ4v) is 0.956. The van der Waals surface area contributed by atoms with Crippen molar-refractivity contribution >= 4 is 16.4 Å². The Hall–Kier alpha value is -0.700. The SMILES string of the molecule is C[C@H](OS(=O)(=O)O)[C@@H](N)C(=O)O. The van der Waals surface area contributed by atoms with Crippen molar-refractivity contribution in [3.63, 3.8) is 0 Å². The second kappa shape index (κ2) is 3.81. The van der Waals surface area contributed by atoms with Gasteiger partial charge in [0.1, 0.15) is 12.1 Å². The summed E-state index contributed by atoms with van der Waals surface area (Å²) in [5.74, 6) is -1.41. The van der Waals surface area contributed by atoms with E-state index >= 15 is 0 Å². The molecule has 0 aromatic rings. The zero-order valence-electron chi connectivity index (χ0n) is 6.17. The van der Waals surface area contributed by atoms with Gasteiger partial charge in [-0.2, -0.15) is 8.42 Å². The van der Waals surface area contributed by atoms with Crippen LogP contribution < -0.4 is 5.73 Å². The summed E-state index contributed by atoms with van der Waals surface area (Å²) in [5.41, 5.74) is 4.97. The molecule has 0 aromatic heterocycles. The monoisotopic (exact) mass is 199 g/mol. The summed E-state index contributed by atoms with van der Waals surface area (Å²) < 4.78 is 32.1. The van der Waals surface area contributed by atoms with Crippen molar-refractivity contribution in [1.82, 2.24) is 0 Å². The van der Waals surface area contributed by atoms with Crippen molar-refractivity contribution in [2.24, 2.45) is 5.73 Å². The zero-order chi connectivity index (χ0) is 9.94. The van der Waals surface area contributed by atoms with Crippen molar-refractivity contribution in [1.29, 1.82) is 0 Å². The summed E-state index contributed by atoms with van der Waals surface area (Å²) >= 11 is 0. The van der Waals surface area contributed by atoms with E-state index in [4.69, 9.17) is 15.4 Å². The highest BCUT2D eigenvalue weighted by molar-refractivity contribution is 7.80. The molecule has 0 aliphatic rings. The van der Waals surface area contributed by atoms with E-state index in [1.54, 1.807) is 0 Å². The average Bonchev–Trinajstić information content (AvgIpc) is 1.82. The van der Waals surface area contributed by atoms with Gasteiger partial charge in [-0.3, -0.25) is 9.35 Å². The smallest absolute Gasteiger partial charge is 0.397 e. The maximum atomic E-state index is 10.1. The molecule has 0 aliphatic heterocycles. The number of aliphatic carboxylic acids is 1. The Morgan fingerprint density at radius 2 is 2.00 bits per heavy atom. The lowest BCUT2D eigenvalue weighted by Crippen LogP contribution is -2.42. The van der Waals surface area contributed by atoms with Gasteiger partial charge in [0.05, 0.1) is 0 Å². The summed E-state index contributed by atoms with van der Waals surface area (Å²) in [7, 11) is -4.65. The highest BCUT2D eigenvalue weighted by atomic mass is 32.3. The standard InChI is InChI=1S/C4H9NO6S/c1-2(3(5)4(6)7)11-12(8,9)10/h2-3H,5H2,1H3,(H,6,7)(H,8,9,10)/t2-,3+/m0/s1. The van der Waals surface area contributed by atoms with Gasteiger partial charge < -0.3 is 10.8 Å². The third-order valence-electron chi connectivity index (χ3n) is 1.06. The first-order valence-electron chi connectivity index (χ1n) is 2.88. The van der Waals surface area contributed by atoms with Gasteiger partial charge in [0.25, 0.3) is 0 Å². The van der Waals surface area contributed by atoms with E-state index in [0.29, 0.717) is 0 Å². The molecule has 4 N–H and O–H groups in total. The van der Waals surface area contributed by atoms with Crippen LogP contribution in [0.25, 0.3) is 0 Å². The van der Waals surface area contributed by atoms with Crippen molar-refractivity contribution in [2.75, 3.05) is 0 Å². The molecule has 0 heterocycles. The molecular weight excluding hydrogens is 190 g/mol. The predicted octanol–water partition coefficient (Wildman–Crippen LogP) is -1.39. The van der Waals surface area contributed by atoms with Crippen LogP contribution in [0.4, 0.5) is 0 Å². The Balaban J connectivity index is 4.23. The topological polar surface area (TPSA) is 127 Å². The molecule has 0 aliphatic carbocycles. The van der Waals surface area contributed by atoms with E-state index in [0.717, 1.165) is 6.92 Å². The first-order chi connectivity index (χ1) is 5.24. The van der Waals surface area contributed by atoms with E-state index in [1.807, 2.05) is 0 Å². The normalized spacial score (nSPS) is 16.9. The Labute approximate surface area is 69.1 Å². The summed E-state index contributed by atoms with van der Waals surface area (Å²) in [6.07, 6.45) is -1.31. The van der Waals surface area contributed by atoms with Crippen molar-refractivity contribution in [2.45, 2.75) is 19.1 Å². The summed E-state index contributed by atoms with van der Waals surface area (Å²) in [4.78, 5) is 10.1. The molecule has 7 nitrogen and oxygen atoms in total. The van der Waals surface area contributed by atoms with Crippen molar-refractivity contribution in [3.05, 3.63) is 0 Å². The Bertz CT molecular complexity index is 259. The molecule has 0 aromatic carbocycles. The second-order valence-electron chi connectivity index (χ2n) is 2.09. The first-order valence-corrected chi connectivity index (χ1v) is 4.24. The number of rotatable bonds is 4. The van der Waals surface area contributed by atoms with Gasteiger partial charge in [-0.15, -0.1) is 0 Å². The number of carboxylic acids is 1. The lowest BCUT2D eigenvalue weighted by atomic mass is 10.2. The van der Waals surface area contributed by atoms with Crippen LogP contribution in [-0.4, -0.2) is 36.2 Å². The Morgan fingerprint density at radius 3 is 2.25 bits per heavy atom. The minimum Gasteiger partial charge on any atom is -0.480 e. The number of carboxylic acid groups (broad SMARTS) is 1. The van der Waals surface area contributed by atoms with Crippen LogP contribution in [0.3, 0.4) is 0 Å². The lowest BCUT2D eigenvalue weighted by Gasteiger charge is -2.13. The molecule has 8 heteroatoms. The predicted molar refractivity (Wildman–Crippen MR) is 37.7 cm³/mol. The molecule has 0 radical (unpaired) electrons. The third-order valence-corrected chi connectivity index (χ3v) is 1.61. The van der Waals surface area contributed by atoms with Crippen LogP contribution in [0.1, 0.15) is 6.92 Å². The van der Waals surface area contributed by atoms with Crippen LogP contribution in [-0.2, 0) is 19.4 Å². The van der Waals surface area contributed by atoms with Gasteiger partial charge in [-0.1, -0.05) is 0 Å². The molecule has 0 unspecified atom stereocenters. The van der Waals surface area contributed by atoms with E-state index < -0.39 is 28.5 Å². The molecule has 0 amide bonds. The fraction of sp³-hybridized carbons (Fsp3) is 0.750. The van der Waals surface area contributed by atoms with E-state index in [-0.39, 0.29) is 0 Å². The molecule has 0 bridgehead atoms. The third kappa shape index (κ3) is 4.23. The molecule has 0 saturated carbocycles. The van der Waals surface area contributed by atoms with Gasteiger partial charge in [-0.25, -0.2) is 4.18 Å². The molecule has 0 rings (SSSR count). The quantitative estimate of drug-likeness (QED) is 0.475. The van der Waals surface area contributed by atoms with Crippen molar-refractivity contribution < 1.29 is 27.1 Å². The zero-order valence-corrected chi connectivity index (χ0v) is 6.98. The summed E-state index contributed by atoms with van der Waals surface area (Å²) in [5, 5.41) is 8.27. The maximum Gasteiger partial charge on any atom is 0.397 e. The molecule has 12 heavy (non-hydrogen) atoms. The number of hydrogen-bond donors (Lipinski definition) is 3. The largest absolute Gasteiger partial charge is 0.480 e. The van der Waals surface area contributed by atoms with E-state index in [9.17, 15) is 13.2 Å². The van der Waals surface area contributed by atoms with Crippen molar-refractivity contribution in [3.8, 4) is 0 Å². The molecule has 0 fully saturated rings. The average molecular weight is 199 g/mol. The van der Waals surface area contributed by atoms with E-state index in [2.05, 4.69) is 4.18 Å². The lowest BCUT2D eigenvalue weighted by molar-refractivity contribution is -0.140. The molecule has 72 valence electrons. The molecule has 0 spiro atoms. The van der Waals surface area contributed by atoms with E-state index in [1.165, 1.54) is 0 Å². The maximum absolute atomic E-state index is 10.1. The number of carbonyl (C=O) groups is 1. The van der Waals surface area contributed by atoms with Gasteiger partial charge in [0, 0.05) is 0 Å². The Morgan fingerprint density at radius 1 is 1.58 bits per heavy atom.